The number of ether oxygens (including phenoxy) is 3. The van der Waals surface area contributed by atoms with Crippen LogP contribution in [-0.4, -0.2) is 29.6 Å². The second-order valence-corrected chi connectivity index (χ2v) is 4.66. The molecule has 1 aliphatic heterocycles. The fourth-order valence-corrected chi connectivity index (χ4v) is 1.85. The first kappa shape index (κ1) is 11.8. The molecule has 1 aromatic rings. The maximum atomic E-state index is 11.5. The molecular weight excluding hydrogens is 323 g/mol. The first-order valence-corrected chi connectivity index (χ1v) is 6.13. The van der Waals surface area contributed by atoms with Crippen molar-refractivity contribution in [1.29, 1.82) is 0 Å². The van der Waals surface area contributed by atoms with Gasteiger partial charge in [0.1, 0.15) is 10.7 Å². The van der Waals surface area contributed by atoms with Crippen LogP contribution >= 0.6 is 22.6 Å². The van der Waals surface area contributed by atoms with Crippen molar-refractivity contribution in [2.24, 2.45) is 0 Å². The van der Waals surface area contributed by atoms with Crippen LogP contribution in [0.1, 0.15) is 10.4 Å². The molecule has 1 aliphatic rings. The van der Waals surface area contributed by atoms with Gasteiger partial charge in [0, 0.05) is 0 Å². The third-order valence-electron chi connectivity index (χ3n) is 2.07. The van der Waals surface area contributed by atoms with E-state index in [1.54, 1.807) is 24.3 Å². The third-order valence-corrected chi connectivity index (χ3v) is 2.73. The summed E-state index contributed by atoms with van der Waals surface area (Å²) in [6.07, 6.45) is -0.436. The standard InChI is InChI=1S/C11H11IO4/c12-9-6-14-10(16-9)7-15-11(13)8-4-2-1-3-5-8/h1-5,9-10H,6-7H2/t9?,10-/m1/s1. The van der Waals surface area contributed by atoms with E-state index >= 15 is 0 Å². The fourth-order valence-electron chi connectivity index (χ4n) is 1.31. The van der Waals surface area contributed by atoms with E-state index in [-0.39, 0.29) is 16.7 Å². The van der Waals surface area contributed by atoms with Crippen molar-refractivity contribution in [2.45, 2.75) is 10.4 Å². The Balaban J connectivity index is 1.80. The first-order chi connectivity index (χ1) is 7.75. The van der Waals surface area contributed by atoms with Gasteiger partial charge in [-0.1, -0.05) is 18.2 Å². The molecule has 0 amide bonds. The number of hydrogen-bond donors (Lipinski definition) is 0. The molecule has 5 heteroatoms. The van der Waals surface area contributed by atoms with E-state index in [1.807, 2.05) is 6.07 Å². The summed E-state index contributed by atoms with van der Waals surface area (Å²) in [5.41, 5.74) is 0.534. The zero-order valence-corrected chi connectivity index (χ0v) is 10.6. The van der Waals surface area contributed by atoms with Gasteiger partial charge < -0.3 is 14.2 Å². The number of hydrogen-bond acceptors (Lipinski definition) is 4. The highest BCUT2D eigenvalue weighted by Gasteiger charge is 2.24. The molecule has 2 rings (SSSR count). The molecule has 1 saturated heterocycles. The predicted molar refractivity (Wildman–Crippen MR) is 65.4 cm³/mol. The second-order valence-electron chi connectivity index (χ2n) is 3.27. The Labute approximate surface area is 107 Å². The number of alkyl halides is 1. The van der Waals surface area contributed by atoms with E-state index in [9.17, 15) is 4.79 Å². The zero-order valence-electron chi connectivity index (χ0n) is 8.47. The van der Waals surface area contributed by atoms with Gasteiger partial charge in [-0.25, -0.2) is 4.79 Å². The molecule has 1 unspecified atom stereocenters. The van der Waals surface area contributed by atoms with Gasteiger partial charge in [0.05, 0.1) is 12.2 Å². The lowest BCUT2D eigenvalue weighted by atomic mass is 10.2. The molecule has 0 saturated carbocycles. The van der Waals surface area contributed by atoms with E-state index in [1.165, 1.54) is 0 Å². The lowest BCUT2D eigenvalue weighted by Gasteiger charge is -2.09. The van der Waals surface area contributed by atoms with Crippen molar-refractivity contribution in [3.63, 3.8) is 0 Å². The van der Waals surface area contributed by atoms with Crippen molar-refractivity contribution in [1.82, 2.24) is 0 Å². The summed E-state index contributed by atoms with van der Waals surface area (Å²) in [6, 6.07) is 8.85. The Bertz CT molecular complexity index is 354. The van der Waals surface area contributed by atoms with E-state index in [2.05, 4.69) is 22.6 Å². The van der Waals surface area contributed by atoms with Gasteiger partial charge in [-0.2, -0.15) is 0 Å². The number of rotatable bonds is 3. The van der Waals surface area contributed by atoms with Crippen LogP contribution in [0.15, 0.2) is 30.3 Å². The third kappa shape index (κ3) is 3.16. The summed E-state index contributed by atoms with van der Waals surface area (Å²) in [5, 5.41) is 0. The van der Waals surface area contributed by atoms with Gasteiger partial charge in [0.15, 0.2) is 6.29 Å². The summed E-state index contributed by atoms with van der Waals surface area (Å²) in [4.78, 5) is 11.5. The van der Waals surface area contributed by atoms with Gasteiger partial charge in [0.2, 0.25) is 0 Å². The molecule has 0 radical (unpaired) electrons. The lowest BCUT2D eigenvalue weighted by molar-refractivity contribution is -0.0826. The summed E-state index contributed by atoms with van der Waals surface area (Å²) < 4.78 is 15.7. The number of benzene rings is 1. The van der Waals surface area contributed by atoms with E-state index in [4.69, 9.17) is 14.2 Å². The van der Waals surface area contributed by atoms with Crippen molar-refractivity contribution >= 4 is 28.6 Å². The molecule has 0 N–H and O–H groups in total. The topological polar surface area (TPSA) is 44.8 Å². The normalized spacial score (nSPS) is 24.3. The van der Waals surface area contributed by atoms with E-state index in [0.717, 1.165) is 0 Å². The predicted octanol–water partition coefficient (Wildman–Crippen LogP) is 1.98. The van der Waals surface area contributed by atoms with Crippen LogP contribution in [0.3, 0.4) is 0 Å². The molecule has 0 aromatic heterocycles. The number of carbonyl (C=O) groups excluding carboxylic acids is 1. The lowest BCUT2D eigenvalue weighted by Crippen LogP contribution is -2.19. The summed E-state index contributed by atoms with van der Waals surface area (Å²) in [6.45, 7) is 0.668. The SMILES string of the molecule is O=C(OC[C@@H]1OCC(I)O1)c1ccccc1. The number of carbonyl (C=O) groups is 1. The van der Waals surface area contributed by atoms with Gasteiger partial charge in [-0.3, -0.25) is 0 Å². The number of halogens is 1. The monoisotopic (exact) mass is 334 g/mol. The molecule has 16 heavy (non-hydrogen) atoms. The Morgan fingerprint density at radius 2 is 2.19 bits per heavy atom. The largest absolute Gasteiger partial charge is 0.457 e. The molecule has 1 fully saturated rings. The molecular formula is C11H11IO4. The molecule has 1 heterocycles. The van der Waals surface area contributed by atoms with E-state index < -0.39 is 6.29 Å². The van der Waals surface area contributed by atoms with Crippen LogP contribution in [0.2, 0.25) is 0 Å². The van der Waals surface area contributed by atoms with Crippen LogP contribution in [0.5, 0.6) is 0 Å². The molecule has 0 spiro atoms. The minimum absolute atomic E-state index is 0.0398. The van der Waals surface area contributed by atoms with Gasteiger partial charge in [0.25, 0.3) is 0 Å². The van der Waals surface area contributed by atoms with Gasteiger partial charge >= 0.3 is 5.97 Å². The maximum Gasteiger partial charge on any atom is 0.338 e. The number of esters is 1. The van der Waals surface area contributed by atoms with Crippen LogP contribution in [0.25, 0.3) is 0 Å². The second kappa shape index (κ2) is 5.60. The van der Waals surface area contributed by atoms with Crippen LogP contribution in [0, 0.1) is 0 Å². The smallest absolute Gasteiger partial charge is 0.338 e. The molecule has 0 bridgehead atoms. The average Bonchev–Trinajstić information content (AvgIpc) is 2.73. The minimum atomic E-state index is -0.436. The molecule has 86 valence electrons. The summed E-state index contributed by atoms with van der Waals surface area (Å²) >= 11 is 2.13. The molecule has 2 atom stereocenters. The minimum Gasteiger partial charge on any atom is -0.457 e. The highest BCUT2D eigenvalue weighted by atomic mass is 127. The molecule has 4 nitrogen and oxygen atoms in total. The molecule has 1 aromatic carbocycles. The van der Waals surface area contributed by atoms with Gasteiger partial charge in [-0.05, 0) is 34.7 Å². The van der Waals surface area contributed by atoms with Crippen molar-refractivity contribution in [3.8, 4) is 0 Å². The van der Waals surface area contributed by atoms with Gasteiger partial charge in [-0.15, -0.1) is 0 Å². The van der Waals surface area contributed by atoms with Crippen molar-refractivity contribution < 1.29 is 19.0 Å². The quantitative estimate of drug-likeness (QED) is 0.482. The highest BCUT2D eigenvalue weighted by Crippen LogP contribution is 2.17. The zero-order chi connectivity index (χ0) is 11.4. The van der Waals surface area contributed by atoms with Crippen LogP contribution in [0.4, 0.5) is 0 Å². The Hall–Kier alpha value is -0.660. The van der Waals surface area contributed by atoms with E-state index in [0.29, 0.717) is 12.2 Å². The first-order valence-electron chi connectivity index (χ1n) is 4.89. The average molecular weight is 334 g/mol. The summed E-state index contributed by atoms with van der Waals surface area (Å²) in [5.74, 6) is -0.357. The summed E-state index contributed by atoms with van der Waals surface area (Å²) in [7, 11) is 0. The van der Waals surface area contributed by atoms with Crippen LogP contribution < -0.4 is 0 Å². The van der Waals surface area contributed by atoms with Crippen LogP contribution in [-0.2, 0) is 14.2 Å². The van der Waals surface area contributed by atoms with Crippen molar-refractivity contribution in [3.05, 3.63) is 35.9 Å². The highest BCUT2D eigenvalue weighted by molar-refractivity contribution is 14.1. The van der Waals surface area contributed by atoms with Crippen molar-refractivity contribution in [2.75, 3.05) is 13.2 Å². The maximum absolute atomic E-state index is 11.5. The Kier molecular flexibility index (Phi) is 4.14. The Morgan fingerprint density at radius 3 is 2.81 bits per heavy atom. The Morgan fingerprint density at radius 1 is 1.44 bits per heavy atom. The molecule has 0 aliphatic carbocycles. The fraction of sp³-hybridized carbons (Fsp3) is 0.364.